The maximum atomic E-state index is 10.3. The van der Waals surface area contributed by atoms with Gasteiger partial charge in [-0.25, -0.2) is 0 Å². The van der Waals surface area contributed by atoms with Gasteiger partial charge in [0.15, 0.2) is 11.5 Å². The van der Waals surface area contributed by atoms with Crippen LogP contribution in [0.4, 0.5) is 0 Å². The van der Waals surface area contributed by atoms with Crippen LogP contribution in [0.1, 0.15) is 32.3 Å². The molecule has 2 rings (SSSR count). The molecule has 1 heterocycles. The molecule has 0 aliphatic carbocycles. The Hall–Kier alpha value is -1.34. The summed E-state index contributed by atoms with van der Waals surface area (Å²) in [6.07, 6.45) is 0.779. The van der Waals surface area contributed by atoms with Crippen LogP contribution in [0.15, 0.2) is 18.2 Å². The van der Waals surface area contributed by atoms with E-state index in [1.807, 2.05) is 18.2 Å². The standard InChI is InChI=1S/C21H36N2O4/c1-16(2)12-22(3)13-17-5-6-20(21(11-17)26-4)27-15-19(25)14-23-9-7-18(24)8-10-23/h5-6,11,16,18-19,24-25H,7-10,12-15H2,1-4H3. The fraction of sp³-hybridized carbons (Fsp3) is 0.714. The molecule has 1 aliphatic rings. The summed E-state index contributed by atoms with van der Waals surface area (Å²) in [7, 11) is 3.76. The zero-order valence-electron chi connectivity index (χ0n) is 17.2. The number of likely N-dealkylation sites (tertiary alicyclic amines) is 1. The Morgan fingerprint density at radius 1 is 1.22 bits per heavy atom. The van der Waals surface area contributed by atoms with E-state index in [9.17, 15) is 10.2 Å². The Balaban J connectivity index is 1.84. The van der Waals surface area contributed by atoms with Gasteiger partial charge in [0.1, 0.15) is 12.7 Å². The van der Waals surface area contributed by atoms with E-state index < -0.39 is 6.10 Å². The largest absolute Gasteiger partial charge is 0.493 e. The summed E-state index contributed by atoms with van der Waals surface area (Å²) < 4.78 is 11.3. The van der Waals surface area contributed by atoms with Crippen LogP contribution in [0.2, 0.25) is 0 Å². The molecule has 0 amide bonds. The number of rotatable bonds is 10. The number of aliphatic hydroxyl groups excluding tert-OH is 2. The molecular formula is C21H36N2O4. The highest BCUT2D eigenvalue weighted by Gasteiger charge is 2.20. The highest BCUT2D eigenvalue weighted by Crippen LogP contribution is 2.28. The van der Waals surface area contributed by atoms with Gasteiger partial charge in [0.25, 0.3) is 0 Å². The minimum absolute atomic E-state index is 0.197. The maximum absolute atomic E-state index is 10.3. The normalized spacial score (nSPS) is 17.5. The summed E-state index contributed by atoms with van der Waals surface area (Å²) in [5, 5.41) is 19.8. The van der Waals surface area contributed by atoms with Crippen molar-refractivity contribution in [3.63, 3.8) is 0 Å². The van der Waals surface area contributed by atoms with Crippen molar-refractivity contribution in [2.75, 3.05) is 46.9 Å². The fourth-order valence-electron chi connectivity index (χ4n) is 3.57. The van der Waals surface area contributed by atoms with Crippen LogP contribution in [0.25, 0.3) is 0 Å². The van der Waals surface area contributed by atoms with E-state index in [0.29, 0.717) is 24.0 Å². The number of ether oxygens (including phenoxy) is 2. The van der Waals surface area contributed by atoms with Crippen LogP contribution in [0.5, 0.6) is 11.5 Å². The van der Waals surface area contributed by atoms with Gasteiger partial charge in [-0.3, -0.25) is 0 Å². The Labute approximate surface area is 163 Å². The molecule has 6 heteroatoms. The summed E-state index contributed by atoms with van der Waals surface area (Å²) in [4.78, 5) is 4.46. The second-order valence-electron chi connectivity index (χ2n) is 8.07. The molecule has 0 saturated carbocycles. The summed E-state index contributed by atoms with van der Waals surface area (Å²) in [6.45, 7) is 8.75. The van der Waals surface area contributed by atoms with Crippen LogP contribution >= 0.6 is 0 Å². The number of hydrogen-bond acceptors (Lipinski definition) is 6. The number of β-amino-alcohol motifs (C(OH)–C–C–N with tert-alkyl or cyclic N) is 1. The molecule has 6 nitrogen and oxygen atoms in total. The zero-order chi connectivity index (χ0) is 19.8. The minimum Gasteiger partial charge on any atom is -0.493 e. The summed E-state index contributed by atoms with van der Waals surface area (Å²) >= 11 is 0. The second kappa shape index (κ2) is 10.9. The molecular weight excluding hydrogens is 344 g/mol. The van der Waals surface area contributed by atoms with E-state index in [1.54, 1.807) is 7.11 Å². The van der Waals surface area contributed by atoms with Crippen molar-refractivity contribution in [1.29, 1.82) is 0 Å². The lowest BCUT2D eigenvalue weighted by molar-refractivity contribution is 0.0333. The Morgan fingerprint density at radius 2 is 1.93 bits per heavy atom. The van der Waals surface area contributed by atoms with Crippen LogP contribution < -0.4 is 9.47 Å². The highest BCUT2D eigenvalue weighted by molar-refractivity contribution is 5.43. The highest BCUT2D eigenvalue weighted by atomic mass is 16.5. The van der Waals surface area contributed by atoms with E-state index in [0.717, 1.165) is 39.0 Å². The van der Waals surface area contributed by atoms with Crippen molar-refractivity contribution in [1.82, 2.24) is 9.80 Å². The molecule has 1 aromatic carbocycles. The van der Waals surface area contributed by atoms with Gasteiger partial charge < -0.3 is 29.5 Å². The number of methoxy groups -OCH3 is 1. The van der Waals surface area contributed by atoms with Crippen molar-refractivity contribution in [3.8, 4) is 11.5 Å². The van der Waals surface area contributed by atoms with Gasteiger partial charge in [-0.2, -0.15) is 0 Å². The first-order valence-corrected chi connectivity index (χ1v) is 9.94. The summed E-state index contributed by atoms with van der Waals surface area (Å²) in [5.41, 5.74) is 1.18. The van der Waals surface area contributed by atoms with Crippen LogP contribution in [-0.4, -0.2) is 79.2 Å². The van der Waals surface area contributed by atoms with Gasteiger partial charge in [-0.05, 0) is 43.5 Å². The number of aliphatic hydroxyl groups is 2. The predicted octanol–water partition coefficient (Wildman–Crippen LogP) is 1.98. The molecule has 0 aromatic heterocycles. The number of hydrogen-bond donors (Lipinski definition) is 2. The lowest BCUT2D eigenvalue weighted by atomic mass is 10.1. The first-order valence-electron chi connectivity index (χ1n) is 9.94. The topological polar surface area (TPSA) is 65.4 Å². The van der Waals surface area contributed by atoms with Crippen molar-refractivity contribution in [2.45, 2.75) is 45.4 Å². The quantitative estimate of drug-likeness (QED) is 0.647. The molecule has 27 heavy (non-hydrogen) atoms. The van der Waals surface area contributed by atoms with Gasteiger partial charge in [0, 0.05) is 32.7 Å². The second-order valence-corrected chi connectivity index (χ2v) is 8.07. The minimum atomic E-state index is -0.568. The monoisotopic (exact) mass is 380 g/mol. The summed E-state index contributed by atoms with van der Waals surface area (Å²) in [5.74, 6) is 1.98. The van der Waals surface area contributed by atoms with Crippen LogP contribution in [0, 0.1) is 5.92 Å². The average Bonchev–Trinajstić information content (AvgIpc) is 2.61. The molecule has 1 aromatic rings. The van der Waals surface area contributed by atoms with Gasteiger partial charge in [0.2, 0.25) is 0 Å². The van der Waals surface area contributed by atoms with Crippen molar-refractivity contribution in [3.05, 3.63) is 23.8 Å². The molecule has 0 radical (unpaired) electrons. The molecule has 1 saturated heterocycles. The first kappa shape index (κ1) is 22.0. The molecule has 1 unspecified atom stereocenters. The molecule has 2 N–H and O–H groups in total. The molecule has 154 valence electrons. The van der Waals surface area contributed by atoms with E-state index in [4.69, 9.17) is 9.47 Å². The van der Waals surface area contributed by atoms with Gasteiger partial charge in [0.05, 0.1) is 13.2 Å². The smallest absolute Gasteiger partial charge is 0.161 e. The number of benzene rings is 1. The molecule has 1 fully saturated rings. The fourth-order valence-corrected chi connectivity index (χ4v) is 3.57. The van der Waals surface area contributed by atoms with Gasteiger partial charge >= 0.3 is 0 Å². The first-order chi connectivity index (χ1) is 12.9. The van der Waals surface area contributed by atoms with E-state index in [2.05, 4.69) is 30.7 Å². The summed E-state index contributed by atoms with van der Waals surface area (Å²) in [6, 6.07) is 5.97. The molecule has 0 spiro atoms. The van der Waals surface area contributed by atoms with E-state index >= 15 is 0 Å². The lowest BCUT2D eigenvalue weighted by Gasteiger charge is -2.30. The van der Waals surface area contributed by atoms with Gasteiger partial charge in [-0.1, -0.05) is 19.9 Å². The zero-order valence-corrected chi connectivity index (χ0v) is 17.2. The Kier molecular flexibility index (Phi) is 8.83. The van der Waals surface area contributed by atoms with E-state index in [-0.39, 0.29) is 12.7 Å². The van der Waals surface area contributed by atoms with Crippen molar-refractivity contribution >= 4 is 0 Å². The predicted molar refractivity (Wildman–Crippen MR) is 107 cm³/mol. The van der Waals surface area contributed by atoms with Crippen molar-refractivity contribution < 1.29 is 19.7 Å². The molecule has 1 atom stereocenters. The lowest BCUT2D eigenvalue weighted by Crippen LogP contribution is -2.41. The van der Waals surface area contributed by atoms with E-state index in [1.165, 1.54) is 5.56 Å². The van der Waals surface area contributed by atoms with Crippen LogP contribution in [-0.2, 0) is 6.54 Å². The molecule has 1 aliphatic heterocycles. The molecule has 0 bridgehead atoms. The maximum Gasteiger partial charge on any atom is 0.161 e. The van der Waals surface area contributed by atoms with Crippen LogP contribution in [0.3, 0.4) is 0 Å². The Bertz CT molecular complexity index is 559. The number of nitrogens with zero attached hydrogens (tertiary/aromatic N) is 2. The third kappa shape index (κ3) is 7.66. The average molecular weight is 381 g/mol. The van der Waals surface area contributed by atoms with Gasteiger partial charge in [-0.15, -0.1) is 0 Å². The number of piperidine rings is 1. The third-order valence-corrected chi connectivity index (χ3v) is 4.81. The Morgan fingerprint density at radius 3 is 2.56 bits per heavy atom. The van der Waals surface area contributed by atoms with Crippen molar-refractivity contribution in [2.24, 2.45) is 5.92 Å². The third-order valence-electron chi connectivity index (χ3n) is 4.81. The SMILES string of the molecule is COc1cc(CN(C)CC(C)C)ccc1OCC(O)CN1CCC(O)CC1.